The van der Waals surface area contributed by atoms with Crippen LogP contribution in [0.2, 0.25) is 0 Å². The topological polar surface area (TPSA) is 29.3 Å². The molecule has 3 nitrogen and oxygen atoms in total. The average Bonchev–Trinajstić information content (AvgIpc) is 3.73. The van der Waals surface area contributed by atoms with Crippen molar-refractivity contribution in [3.63, 3.8) is 0 Å². The third-order valence-corrected chi connectivity index (χ3v) is 11.5. The van der Waals surface area contributed by atoms with Crippen LogP contribution >= 0.6 is 0 Å². The molecule has 264 valence electrons. The predicted molar refractivity (Wildman–Crippen MR) is 229 cm³/mol. The Morgan fingerprint density at radius 2 is 1.29 bits per heavy atom. The maximum Gasteiger partial charge on any atom is 0.127 e. The van der Waals surface area contributed by atoms with Gasteiger partial charge in [-0.25, -0.2) is 0 Å². The third kappa shape index (κ3) is 5.67. The summed E-state index contributed by atoms with van der Waals surface area (Å²) in [6, 6.07) is 63.8. The number of allylic oxidation sites excluding steroid dienone is 4. The van der Waals surface area contributed by atoms with Crippen molar-refractivity contribution in [3.8, 4) is 22.3 Å². The minimum atomic E-state index is -0.449. The highest BCUT2D eigenvalue weighted by Crippen LogP contribution is 2.58. The Bertz CT molecular complexity index is 2740. The monoisotopic (exact) mass is 707 g/mol. The summed E-state index contributed by atoms with van der Waals surface area (Å²) in [4.78, 5) is 5.35. The lowest BCUT2D eigenvalue weighted by atomic mass is 9.66. The lowest BCUT2D eigenvalue weighted by Gasteiger charge is -2.35. The molecule has 8 aromatic rings. The molecule has 2 unspecified atom stereocenters. The Morgan fingerprint density at radius 1 is 0.600 bits per heavy atom. The first kappa shape index (κ1) is 33.1. The van der Waals surface area contributed by atoms with Crippen LogP contribution in [0.3, 0.4) is 0 Å². The molecule has 0 fully saturated rings. The highest BCUT2D eigenvalue weighted by atomic mass is 15.1. The number of nitrogens with one attached hydrogen (secondary N) is 1. The molecule has 7 aromatic carbocycles. The van der Waals surface area contributed by atoms with E-state index in [0.717, 1.165) is 29.4 Å². The largest absolute Gasteiger partial charge is 0.300 e. The van der Waals surface area contributed by atoms with Crippen molar-refractivity contribution in [3.05, 3.63) is 228 Å². The van der Waals surface area contributed by atoms with Crippen molar-refractivity contribution in [2.24, 2.45) is 4.99 Å². The Morgan fingerprint density at radius 3 is 2.05 bits per heavy atom. The molecule has 0 radical (unpaired) electrons. The van der Waals surface area contributed by atoms with Gasteiger partial charge in [-0.3, -0.25) is 10.3 Å². The summed E-state index contributed by atoms with van der Waals surface area (Å²) in [6.45, 7) is 0.708. The Balaban J connectivity index is 1.23. The first-order valence-corrected chi connectivity index (χ1v) is 19.3. The van der Waals surface area contributed by atoms with Gasteiger partial charge in [0.05, 0.1) is 22.8 Å². The molecular weight excluding hydrogens is 667 g/mol. The summed E-state index contributed by atoms with van der Waals surface area (Å²) in [6.07, 6.45) is 11.1. The number of nitrogens with zero attached hydrogens (tertiary/aromatic N) is 2. The highest BCUT2D eigenvalue weighted by molar-refractivity contribution is 6.14. The van der Waals surface area contributed by atoms with Gasteiger partial charge >= 0.3 is 0 Å². The van der Waals surface area contributed by atoms with E-state index in [9.17, 15) is 0 Å². The molecule has 10 rings (SSSR count). The van der Waals surface area contributed by atoms with Crippen LogP contribution in [0.1, 0.15) is 46.8 Å². The summed E-state index contributed by atoms with van der Waals surface area (Å²) in [5.74, 6) is 0. The van der Waals surface area contributed by atoms with E-state index >= 15 is 0 Å². The smallest absolute Gasteiger partial charge is 0.127 e. The van der Waals surface area contributed by atoms with Crippen molar-refractivity contribution in [2.75, 3.05) is 0 Å². The van der Waals surface area contributed by atoms with Crippen molar-refractivity contribution in [1.29, 1.82) is 0 Å². The molecule has 0 aliphatic heterocycles. The second-order valence-corrected chi connectivity index (χ2v) is 14.6. The van der Waals surface area contributed by atoms with Crippen molar-refractivity contribution >= 4 is 28.1 Å². The summed E-state index contributed by atoms with van der Waals surface area (Å²) < 4.78 is 2.32. The molecule has 0 bridgehead atoms. The number of rotatable bonds is 9. The molecule has 1 N–H and O–H groups in total. The molecule has 2 atom stereocenters. The van der Waals surface area contributed by atoms with Gasteiger partial charge in [-0.05, 0) is 92.8 Å². The normalized spacial score (nSPS) is 16.7. The fraction of sp³-hybridized carbons (Fsp3) is 0.0962. The third-order valence-electron chi connectivity index (χ3n) is 11.5. The summed E-state index contributed by atoms with van der Waals surface area (Å²) in [5.41, 5.74) is 14.5. The standard InChI is InChI=1S/C52H41N3/c1-6-18-37(19-7-1)35-53-51(39-22-10-3-11-23-39)54-36-55-49-31-30-40(38-20-8-2-9-21-38)32-45(49)46-33-44-43-28-16-17-29-47(43)52(48(44)34-50(46)55,41-24-12-4-13-25-41)42-26-14-5-15-27-42/h1-4,6-14,16-34,36,51,53H,5,15,35H2/b54-36+. The maximum atomic E-state index is 5.35. The van der Waals surface area contributed by atoms with Gasteiger partial charge in [-0.1, -0.05) is 170 Å². The molecule has 55 heavy (non-hydrogen) atoms. The number of benzene rings is 7. The number of aromatic nitrogens is 1. The minimum absolute atomic E-state index is 0.239. The van der Waals surface area contributed by atoms with E-state index in [1.54, 1.807) is 0 Å². The van der Waals surface area contributed by atoms with Crippen LogP contribution in [0.5, 0.6) is 0 Å². The number of hydrogen-bond acceptors (Lipinski definition) is 2. The Kier molecular flexibility index (Phi) is 8.43. The summed E-state index contributed by atoms with van der Waals surface area (Å²) in [5, 5.41) is 6.18. The molecular formula is C52H41N3. The van der Waals surface area contributed by atoms with E-state index in [2.05, 4.69) is 210 Å². The fourth-order valence-corrected chi connectivity index (χ4v) is 8.96. The van der Waals surface area contributed by atoms with Gasteiger partial charge in [0.1, 0.15) is 6.17 Å². The van der Waals surface area contributed by atoms with Crippen molar-refractivity contribution < 1.29 is 0 Å². The molecule has 0 saturated carbocycles. The van der Waals surface area contributed by atoms with Crippen LogP contribution in [0, 0.1) is 0 Å². The van der Waals surface area contributed by atoms with Crippen molar-refractivity contribution in [1.82, 2.24) is 9.88 Å². The lowest BCUT2D eigenvalue weighted by molar-refractivity contribution is 0.555. The number of fused-ring (bicyclic) bond motifs is 6. The van der Waals surface area contributed by atoms with E-state index in [1.165, 1.54) is 60.9 Å². The second-order valence-electron chi connectivity index (χ2n) is 14.6. The van der Waals surface area contributed by atoms with Gasteiger partial charge in [0.25, 0.3) is 0 Å². The van der Waals surface area contributed by atoms with Gasteiger partial charge in [-0.2, -0.15) is 0 Å². The van der Waals surface area contributed by atoms with E-state index < -0.39 is 5.41 Å². The SMILES string of the molecule is C1=CC(C2(c3ccccc3)c3ccccc3-c3cc4c5cc(-c6ccccc6)ccc5n(/C=N/C(NCc5ccccc5)c5ccccc5)c4cc32)=CCC1. The second kappa shape index (κ2) is 14.0. The van der Waals surface area contributed by atoms with Crippen LogP contribution < -0.4 is 5.32 Å². The zero-order chi connectivity index (χ0) is 36.6. The first-order valence-electron chi connectivity index (χ1n) is 19.3. The maximum absolute atomic E-state index is 5.35. The van der Waals surface area contributed by atoms with E-state index in [0.29, 0.717) is 6.54 Å². The molecule has 3 heteroatoms. The minimum Gasteiger partial charge on any atom is -0.300 e. The van der Waals surface area contributed by atoms with Gasteiger partial charge in [0.2, 0.25) is 0 Å². The number of aliphatic imine (C=N–C) groups is 1. The molecule has 0 spiro atoms. The quantitative estimate of drug-likeness (QED) is 0.117. The Labute approximate surface area is 322 Å². The zero-order valence-electron chi connectivity index (χ0n) is 30.6. The summed E-state index contributed by atoms with van der Waals surface area (Å²) in [7, 11) is 0. The van der Waals surface area contributed by atoms with Crippen LogP contribution in [-0.2, 0) is 12.0 Å². The van der Waals surface area contributed by atoms with Crippen LogP contribution in [0.15, 0.2) is 205 Å². The molecule has 0 saturated heterocycles. The molecule has 1 aromatic heterocycles. The van der Waals surface area contributed by atoms with Gasteiger partial charge in [0.15, 0.2) is 0 Å². The highest BCUT2D eigenvalue weighted by Gasteiger charge is 2.47. The average molecular weight is 708 g/mol. The van der Waals surface area contributed by atoms with E-state index in [4.69, 9.17) is 4.99 Å². The molecule has 2 aliphatic rings. The first-order chi connectivity index (χ1) is 27.3. The zero-order valence-corrected chi connectivity index (χ0v) is 30.6. The fourth-order valence-electron chi connectivity index (χ4n) is 8.96. The molecule has 1 heterocycles. The van der Waals surface area contributed by atoms with E-state index in [1.807, 2.05) is 0 Å². The van der Waals surface area contributed by atoms with Crippen LogP contribution in [0.25, 0.3) is 44.1 Å². The van der Waals surface area contributed by atoms with E-state index in [-0.39, 0.29) is 6.17 Å². The molecule has 0 amide bonds. The van der Waals surface area contributed by atoms with Gasteiger partial charge in [-0.15, -0.1) is 0 Å². The van der Waals surface area contributed by atoms with Crippen LogP contribution in [0.4, 0.5) is 0 Å². The lowest BCUT2D eigenvalue weighted by Crippen LogP contribution is -2.29. The number of hydrogen-bond donors (Lipinski definition) is 1. The molecule has 2 aliphatic carbocycles. The van der Waals surface area contributed by atoms with Gasteiger partial charge < -0.3 is 4.57 Å². The summed E-state index contributed by atoms with van der Waals surface area (Å²) >= 11 is 0. The van der Waals surface area contributed by atoms with Crippen LogP contribution in [-0.4, -0.2) is 10.9 Å². The Hall–Kier alpha value is -6.55. The van der Waals surface area contributed by atoms with Gasteiger partial charge in [0, 0.05) is 17.3 Å². The predicted octanol–water partition coefficient (Wildman–Crippen LogP) is 12.4. The van der Waals surface area contributed by atoms with Crippen molar-refractivity contribution in [2.45, 2.75) is 31.0 Å².